The van der Waals surface area contributed by atoms with Gasteiger partial charge >= 0.3 is 0 Å². The van der Waals surface area contributed by atoms with Crippen molar-refractivity contribution in [3.05, 3.63) is 40.9 Å². The summed E-state index contributed by atoms with van der Waals surface area (Å²) in [6.45, 7) is 4.07. The number of ether oxygens (including phenoxy) is 1. The average Bonchev–Trinajstić information content (AvgIpc) is 2.86. The molecule has 0 aliphatic carbocycles. The summed E-state index contributed by atoms with van der Waals surface area (Å²) in [4.78, 5) is 4.24. The SMILES string of the molecule is COCCNCc1ncoc1-c1ccc(Cl)c(C)c1. The van der Waals surface area contributed by atoms with Gasteiger partial charge in [-0.15, -0.1) is 0 Å². The van der Waals surface area contributed by atoms with Gasteiger partial charge in [0.15, 0.2) is 12.2 Å². The molecule has 0 radical (unpaired) electrons. The summed E-state index contributed by atoms with van der Waals surface area (Å²) in [5.41, 5.74) is 2.90. The minimum Gasteiger partial charge on any atom is -0.443 e. The second kappa shape index (κ2) is 6.70. The van der Waals surface area contributed by atoms with E-state index in [0.29, 0.717) is 13.2 Å². The van der Waals surface area contributed by atoms with E-state index in [-0.39, 0.29) is 0 Å². The van der Waals surface area contributed by atoms with E-state index in [2.05, 4.69) is 10.3 Å². The van der Waals surface area contributed by atoms with Crippen molar-refractivity contribution in [1.82, 2.24) is 10.3 Å². The third-order valence-electron chi connectivity index (χ3n) is 2.84. The lowest BCUT2D eigenvalue weighted by atomic mass is 10.1. The molecule has 0 saturated carbocycles. The highest BCUT2D eigenvalue weighted by Gasteiger charge is 2.11. The van der Waals surface area contributed by atoms with Crippen LogP contribution in [0.1, 0.15) is 11.3 Å². The molecule has 0 amide bonds. The second-order valence-corrected chi connectivity index (χ2v) is 4.67. The Morgan fingerprint density at radius 1 is 1.42 bits per heavy atom. The number of rotatable bonds is 6. The van der Waals surface area contributed by atoms with E-state index in [1.165, 1.54) is 6.39 Å². The van der Waals surface area contributed by atoms with Crippen LogP contribution in [-0.2, 0) is 11.3 Å². The van der Waals surface area contributed by atoms with E-state index in [9.17, 15) is 0 Å². The number of benzene rings is 1. The Morgan fingerprint density at radius 2 is 2.26 bits per heavy atom. The predicted octanol–water partition coefficient (Wildman–Crippen LogP) is 3.04. The third kappa shape index (κ3) is 3.56. The van der Waals surface area contributed by atoms with Crippen LogP contribution < -0.4 is 5.32 Å². The van der Waals surface area contributed by atoms with Crippen LogP contribution >= 0.6 is 11.6 Å². The standard InChI is InChI=1S/C14H17ClN2O2/c1-10-7-11(3-4-12(10)15)14-13(17-9-19-14)8-16-5-6-18-2/h3-4,7,9,16H,5-6,8H2,1-2H3. The predicted molar refractivity (Wildman–Crippen MR) is 75.3 cm³/mol. The molecular weight excluding hydrogens is 264 g/mol. The van der Waals surface area contributed by atoms with Crippen molar-refractivity contribution in [2.24, 2.45) is 0 Å². The molecule has 19 heavy (non-hydrogen) atoms. The normalized spacial score (nSPS) is 10.9. The number of nitrogens with one attached hydrogen (secondary N) is 1. The van der Waals surface area contributed by atoms with Crippen molar-refractivity contribution >= 4 is 11.6 Å². The maximum atomic E-state index is 6.03. The van der Waals surface area contributed by atoms with Gasteiger partial charge in [-0.3, -0.25) is 0 Å². The van der Waals surface area contributed by atoms with Crippen LogP contribution in [0, 0.1) is 6.92 Å². The van der Waals surface area contributed by atoms with Gasteiger partial charge in [-0.1, -0.05) is 11.6 Å². The molecule has 2 aromatic rings. The fourth-order valence-corrected chi connectivity index (χ4v) is 1.91. The number of hydrogen-bond acceptors (Lipinski definition) is 4. The Labute approximate surface area is 117 Å². The number of oxazole rings is 1. The number of hydrogen-bond donors (Lipinski definition) is 1. The van der Waals surface area contributed by atoms with Crippen LogP contribution in [0.25, 0.3) is 11.3 Å². The highest BCUT2D eigenvalue weighted by Crippen LogP contribution is 2.27. The van der Waals surface area contributed by atoms with Crippen LogP contribution in [0.3, 0.4) is 0 Å². The lowest BCUT2D eigenvalue weighted by molar-refractivity contribution is 0.199. The molecule has 102 valence electrons. The van der Waals surface area contributed by atoms with Gasteiger partial charge in [0.1, 0.15) is 5.69 Å². The van der Waals surface area contributed by atoms with Gasteiger partial charge < -0.3 is 14.5 Å². The molecule has 0 aliphatic rings. The van der Waals surface area contributed by atoms with Gasteiger partial charge in [-0.2, -0.15) is 0 Å². The average molecular weight is 281 g/mol. The van der Waals surface area contributed by atoms with Crippen LogP contribution in [0.4, 0.5) is 0 Å². The molecule has 0 fully saturated rings. The van der Waals surface area contributed by atoms with E-state index in [4.69, 9.17) is 20.8 Å². The van der Waals surface area contributed by atoms with Gasteiger partial charge in [0, 0.05) is 30.8 Å². The Bertz CT molecular complexity index is 540. The number of aryl methyl sites for hydroxylation is 1. The highest BCUT2D eigenvalue weighted by atomic mass is 35.5. The molecule has 1 aromatic carbocycles. The Hall–Kier alpha value is -1.36. The quantitative estimate of drug-likeness (QED) is 0.826. The zero-order valence-electron chi connectivity index (χ0n) is 11.1. The minimum atomic E-state index is 0.650. The van der Waals surface area contributed by atoms with Crippen molar-refractivity contribution in [3.8, 4) is 11.3 Å². The lowest BCUT2D eigenvalue weighted by Crippen LogP contribution is -2.19. The number of methoxy groups -OCH3 is 1. The molecule has 1 heterocycles. The molecular formula is C14H17ClN2O2. The Kier molecular flexibility index (Phi) is 4.96. The number of nitrogens with zero attached hydrogens (tertiary/aromatic N) is 1. The van der Waals surface area contributed by atoms with Gasteiger partial charge in [0.25, 0.3) is 0 Å². The van der Waals surface area contributed by atoms with Crippen molar-refractivity contribution in [1.29, 1.82) is 0 Å². The molecule has 1 aromatic heterocycles. The monoisotopic (exact) mass is 280 g/mol. The molecule has 0 unspecified atom stereocenters. The molecule has 1 N–H and O–H groups in total. The molecule has 5 heteroatoms. The summed E-state index contributed by atoms with van der Waals surface area (Å²) < 4.78 is 10.5. The van der Waals surface area contributed by atoms with Gasteiger partial charge in [0.2, 0.25) is 0 Å². The van der Waals surface area contributed by atoms with Crippen molar-refractivity contribution in [2.45, 2.75) is 13.5 Å². The first-order valence-electron chi connectivity index (χ1n) is 6.11. The fourth-order valence-electron chi connectivity index (χ4n) is 1.80. The van der Waals surface area contributed by atoms with Crippen LogP contribution in [0.15, 0.2) is 29.0 Å². The number of halogens is 1. The second-order valence-electron chi connectivity index (χ2n) is 4.26. The molecule has 0 bridgehead atoms. The van der Waals surface area contributed by atoms with Crippen molar-refractivity contribution in [2.75, 3.05) is 20.3 Å². The molecule has 0 saturated heterocycles. The first-order chi connectivity index (χ1) is 9.22. The summed E-state index contributed by atoms with van der Waals surface area (Å²) in [7, 11) is 1.68. The van der Waals surface area contributed by atoms with E-state index in [0.717, 1.165) is 34.1 Å². The van der Waals surface area contributed by atoms with E-state index < -0.39 is 0 Å². The zero-order valence-corrected chi connectivity index (χ0v) is 11.8. The fraction of sp³-hybridized carbons (Fsp3) is 0.357. The lowest BCUT2D eigenvalue weighted by Gasteiger charge is -2.05. The molecule has 0 aliphatic heterocycles. The van der Waals surface area contributed by atoms with E-state index in [1.807, 2.05) is 25.1 Å². The zero-order chi connectivity index (χ0) is 13.7. The number of aromatic nitrogens is 1. The van der Waals surface area contributed by atoms with Crippen LogP contribution in [0.2, 0.25) is 5.02 Å². The maximum absolute atomic E-state index is 6.03. The third-order valence-corrected chi connectivity index (χ3v) is 3.26. The molecule has 0 atom stereocenters. The topological polar surface area (TPSA) is 47.3 Å². The van der Waals surface area contributed by atoms with Crippen LogP contribution in [0.5, 0.6) is 0 Å². The van der Waals surface area contributed by atoms with Crippen LogP contribution in [-0.4, -0.2) is 25.2 Å². The smallest absolute Gasteiger partial charge is 0.181 e. The minimum absolute atomic E-state index is 0.650. The van der Waals surface area contributed by atoms with E-state index in [1.54, 1.807) is 7.11 Å². The molecule has 2 rings (SSSR count). The first kappa shape index (κ1) is 14.1. The summed E-state index contributed by atoms with van der Waals surface area (Å²) in [5, 5.41) is 4.00. The summed E-state index contributed by atoms with van der Waals surface area (Å²) in [6, 6.07) is 5.81. The Balaban J connectivity index is 2.12. The maximum Gasteiger partial charge on any atom is 0.181 e. The Morgan fingerprint density at radius 3 is 3.00 bits per heavy atom. The summed E-state index contributed by atoms with van der Waals surface area (Å²) in [6.07, 6.45) is 1.46. The summed E-state index contributed by atoms with van der Waals surface area (Å²) >= 11 is 6.03. The van der Waals surface area contributed by atoms with Gasteiger partial charge in [0.05, 0.1) is 6.61 Å². The van der Waals surface area contributed by atoms with Gasteiger partial charge in [-0.25, -0.2) is 4.98 Å². The largest absolute Gasteiger partial charge is 0.443 e. The first-order valence-corrected chi connectivity index (χ1v) is 6.48. The van der Waals surface area contributed by atoms with E-state index >= 15 is 0 Å². The highest BCUT2D eigenvalue weighted by molar-refractivity contribution is 6.31. The molecule has 0 spiro atoms. The molecule has 4 nitrogen and oxygen atoms in total. The van der Waals surface area contributed by atoms with Gasteiger partial charge in [-0.05, 0) is 30.7 Å². The summed E-state index contributed by atoms with van der Waals surface area (Å²) in [5.74, 6) is 0.782. The van der Waals surface area contributed by atoms with Crippen molar-refractivity contribution in [3.63, 3.8) is 0 Å². The van der Waals surface area contributed by atoms with Crippen molar-refractivity contribution < 1.29 is 9.15 Å².